The van der Waals surface area contributed by atoms with E-state index in [0.717, 1.165) is 12.8 Å². The third-order valence-electron chi connectivity index (χ3n) is 10.2. The molecule has 0 saturated carbocycles. The van der Waals surface area contributed by atoms with Crippen molar-refractivity contribution in [3.05, 3.63) is 34.6 Å². The van der Waals surface area contributed by atoms with E-state index >= 15 is 4.39 Å². The number of nitriles is 1. The molecule has 5 aliphatic heterocycles. The number of nitrogens with one attached hydrogen (secondary N) is 1. The number of nitrogens with two attached hydrogens (primary N) is 1. The summed E-state index contributed by atoms with van der Waals surface area (Å²) in [6, 6.07) is 7.17. The van der Waals surface area contributed by atoms with Crippen LogP contribution < -0.4 is 25.4 Å². The molecule has 9 nitrogen and oxygen atoms in total. The van der Waals surface area contributed by atoms with Crippen molar-refractivity contribution < 1.29 is 21.0 Å². The van der Waals surface area contributed by atoms with Gasteiger partial charge in [-0.2, -0.15) is 15.2 Å². The molecule has 232 valence electrons. The van der Waals surface area contributed by atoms with Crippen LogP contribution >= 0.6 is 22.9 Å². The zero-order valence-corrected chi connectivity index (χ0v) is 25.6. The van der Waals surface area contributed by atoms with Crippen molar-refractivity contribution in [2.24, 2.45) is 0 Å². The predicted molar refractivity (Wildman–Crippen MR) is 170 cm³/mol. The molecule has 0 amide bonds. The van der Waals surface area contributed by atoms with Gasteiger partial charge < -0.3 is 25.4 Å². The van der Waals surface area contributed by atoms with Gasteiger partial charge >= 0.3 is 6.01 Å². The van der Waals surface area contributed by atoms with Gasteiger partial charge in [-0.1, -0.05) is 23.7 Å². The zero-order chi connectivity index (χ0) is 32.4. The summed E-state index contributed by atoms with van der Waals surface area (Å²) in [5.74, 6) is -0.215. The molecule has 45 heavy (non-hydrogen) atoms. The van der Waals surface area contributed by atoms with Gasteiger partial charge in [0.15, 0.2) is 11.6 Å². The molecule has 4 fully saturated rings. The predicted octanol–water partition coefficient (Wildman–Crippen LogP) is 5.41. The lowest BCUT2D eigenvalue weighted by molar-refractivity contribution is 0.107. The molecule has 2 aromatic heterocycles. The lowest BCUT2D eigenvalue weighted by Gasteiger charge is -2.40. The second kappa shape index (κ2) is 10.00. The molecule has 5 aliphatic rings. The van der Waals surface area contributed by atoms with E-state index in [9.17, 15) is 9.65 Å². The van der Waals surface area contributed by atoms with Gasteiger partial charge in [-0.05, 0) is 43.9 Å². The number of nitrogens with zero attached hydrogens (tertiary/aromatic N) is 5. The van der Waals surface area contributed by atoms with Gasteiger partial charge in [0, 0.05) is 47.2 Å². The van der Waals surface area contributed by atoms with E-state index in [2.05, 4.69) is 21.3 Å². The van der Waals surface area contributed by atoms with Crippen LogP contribution in [0.2, 0.25) is 5.02 Å². The van der Waals surface area contributed by atoms with Crippen LogP contribution in [0.25, 0.3) is 32.1 Å². The first-order chi connectivity index (χ1) is 22.6. The number of piperazine rings is 1. The molecule has 7 heterocycles. The van der Waals surface area contributed by atoms with Crippen molar-refractivity contribution in [2.45, 2.75) is 61.9 Å². The Morgan fingerprint density at radius 2 is 2.20 bits per heavy atom. The second-order valence-electron chi connectivity index (χ2n) is 12.7. The molecule has 2 aromatic carbocycles. The van der Waals surface area contributed by atoms with Crippen LogP contribution in [0.3, 0.4) is 0 Å². The van der Waals surface area contributed by atoms with Crippen LogP contribution in [0.15, 0.2) is 18.2 Å². The normalized spacial score (nSPS) is 29.6. The maximum Gasteiger partial charge on any atom is 0.319 e. The Bertz CT molecular complexity index is 2040. The van der Waals surface area contributed by atoms with E-state index in [1.807, 2.05) is 11.0 Å². The molecule has 0 unspecified atom stereocenters. The minimum Gasteiger partial charge on any atom is -0.489 e. The SMILES string of the molecule is [2H]C([2H])(Oc1nc2c3c(c(Cl)c(-c4cccc5sc(N)c(C#N)c45)c(F)c3n1)OC[C@@H]1[C@@H]3CC[C@H](CN21)N3)[C@@]12CCCN1C[C@H](F)C2. The first kappa shape index (κ1) is 25.7. The highest BCUT2D eigenvalue weighted by molar-refractivity contribution is 7.23. The Morgan fingerprint density at radius 1 is 1.31 bits per heavy atom. The van der Waals surface area contributed by atoms with E-state index in [4.69, 9.17) is 34.5 Å². The van der Waals surface area contributed by atoms with Gasteiger partial charge in [-0.15, -0.1) is 11.3 Å². The molecule has 0 spiro atoms. The van der Waals surface area contributed by atoms with Gasteiger partial charge in [-0.3, -0.25) is 4.90 Å². The number of rotatable bonds is 4. The second-order valence-corrected chi connectivity index (χ2v) is 14.1. The maximum absolute atomic E-state index is 17.2. The number of anilines is 2. The van der Waals surface area contributed by atoms with Gasteiger partial charge in [0.25, 0.3) is 0 Å². The van der Waals surface area contributed by atoms with Gasteiger partial charge in [0.1, 0.15) is 41.7 Å². The summed E-state index contributed by atoms with van der Waals surface area (Å²) in [4.78, 5) is 13.2. The van der Waals surface area contributed by atoms with Crippen molar-refractivity contribution in [1.29, 1.82) is 5.26 Å². The number of halogens is 3. The first-order valence-corrected chi connectivity index (χ1v) is 16.5. The van der Waals surface area contributed by atoms with Crippen molar-refractivity contribution >= 4 is 54.7 Å². The van der Waals surface area contributed by atoms with Crippen LogP contribution in [-0.4, -0.2) is 77.5 Å². The molecular weight excluding hydrogens is 620 g/mol. The fourth-order valence-corrected chi connectivity index (χ4v) is 9.53. The van der Waals surface area contributed by atoms with E-state index in [0.29, 0.717) is 52.4 Å². The van der Waals surface area contributed by atoms with Crippen LogP contribution in [0.1, 0.15) is 40.4 Å². The zero-order valence-electron chi connectivity index (χ0n) is 26.1. The number of nitrogen functional groups attached to an aromatic ring is 1. The van der Waals surface area contributed by atoms with Gasteiger partial charge in [-0.25, -0.2) is 8.78 Å². The first-order valence-electron chi connectivity index (χ1n) is 16.3. The third kappa shape index (κ3) is 4.00. The smallest absolute Gasteiger partial charge is 0.319 e. The maximum atomic E-state index is 17.2. The summed E-state index contributed by atoms with van der Waals surface area (Å²) in [6.07, 6.45) is 1.85. The summed E-state index contributed by atoms with van der Waals surface area (Å²) in [5.41, 5.74) is 5.44. The molecule has 0 radical (unpaired) electrons. The van der Waals surface area contributed by atoms with Crippen molar-refractivity contribution in [3.8, 4) is 29.0 Å². The minimum atomic E-state index is -2.37. The standard InChI is InChI=1S/C32H30ClF2N7O2S/c33-25-23(17-3-1-4-21-22(17)18(10-36)29(37)45-21)26(35)27-24-28(25)43-13-20-19-6-5-16(38-19)12-42(20)30(24)40-31(39-27)44-14-32-7-2-8-41(32)11-15(34)9-32/h1,3-4,15-16,19-20,38H,2,5-9,11-14,37H2/t15-,16-,19+,20-,32+/m1/s1/i14D2. The lowest BCUT2D eigenvalue weighted by Crippen LogP contribution is -2.60. The highest BCUT2D eigenvalue weighted by Gasteiger charge is 2.50. The minimum absolute atomic E-state index is 0.00915. The van der Waals surface area contributed by atoms with Crippen molar-refractivity contribution in [1.82, 2.24) is 20.2 Å². The number of hydrogen-bond acceptors (Lipinski definition) is 10. The molecule has 0 aliphatic carbocycles. The van der Waals surface area contributed by atoms with Crippen LogP contribution in [0.4, 0.5) is 19.6 Å². The summed E-state index contributed by atoms with van der Waals surface area (Å²) in [7, 11) is 0. The van der Waals surface area contributed by atoms with Crippen LogP contribution in [0.5, 0.6) is 11.8 Å². The summed E-state index contributed by atoms with van der Waals surface area (Å²) in [5, 5.41) is 14.7. The quantitative estimate of drug-likeness (QED) is 0.299. The van der Waals surface area contributed by atoms with Crippen molar-refractivity contribution in [3.63, 3.8) is 0 Å². The molecule has 3 N–H and O–H groups in total. The van der Waals surface area contributed by atoms with Crippen LogP contribution in [0, 0.1) is 17.1 Å². The number of fused-ring (bicyclic) bond motifs is 7. The number of benzene rings is 2. The largest absolute Gasteiger partial charge is 0.489 e. The number of hydrogen-bond donors (Lipinski definition) is 2. The topological polar surface area (TPSA) is 113 Å². The summed E-state index contributed by atoms with van der Waals surface area (Å²) >= 11 is 8.32. The van der Waals surface area contributed by atoms with E-state index in [1.165, 1.54) is 11.3 Å². The number of thiophene rings is 1. The molecule has 5 atom stereocenters. The summed E-state index contributed by atoms with van der Waals surface area (Å²) in [6.45, 7) is -0.850. The average Bonchev–Trinajstić information content (AvgIpc) is 3.76. The lowest BCUT2D eigenvalue weighted by atomic mass is 9.95. The average molecular weight is 652 g/mol. The molecule has 4 saturated heterocycles. The third-order valence-corrected chi connectivity index (χ3v) is 11.6. The molecule has 4 aromatic rings. The van der Waals surface area contributed by atoms with E-state index < -0.39 is 24.1 Å². The Morgan fingerprint density at radius 3 is 3.07 bits per heavy atom. The van der Waals surface area contributed by atoms with Gasteiger partial charge in [0.2, 0.25) is 0 Å². The highest BCUT2D eigenvalue weighted by Crippen LogP contribution is 2.51. The van der Waals surface area contributed by atoms with Crippen molar-refractivity contribution in [2.75, 3.05) is 43.4 Å². The Hall–Kier alpha value is -3.50. The summed E-state index contributed by atoms with van der Waals surface area (Å²) < 4.78 is 63.3. The Labute approximate surface area is 269 Å². The highest BCUT2D eigenvalue weighted by atomic mass is 35.5. The molecular formula is C32H30ClF2N7O2S. The number of aromatic nitrogens is 2. The fraction of sp³-hybridized carbons (Fsp3) is 0.469. The Balaban J connectivity index is 1.28. The molecule has 9 rings (SSSR count). The van der Waals surface area contributed by atoms with Gasteiger partial charge in [0.05, 0.1) is 30.3 Å². The van der Waals surface area contributed by atoms with Crippen LogP contribution in [-0.2, 0) is 0 Å². The fourth-order valence-electron chi connectivity index (χ4n) is 8.25. The van der Waals surface area contributed by atoms with E-state index in [1.54, 1.807) is 12.1 Å². The number of alkyl halides is 1. The molecule has 13 heteroatoms. The Kier molecular flexibility index (Phi) is 5.70. The monoisotopic (exact) mass is 651 g/mol. The number of ether oxygens (including phenoxy) is 2. The van der Waals surface area contributed by atoms with E-state index in [-0.39, 0.29) is 76.5 Å². The molecule has 2 bridgehead atoms.